The third-order valence-corrected chi connectivity index (χ3v) is 5.35. The first-order valence-corrected chi connectivity index (χ1v) is 9.35. The Morgan fingerprint density at radius 2 is 2.15 bits per heavy atom. The lowest BCUT2D eigenvalue weighted by atomic mass is 9.99. The van der Waals surface area contributed by atoms with Gasteiger partial charge < -0.3 is 9.42 Å². The van der Waals surface area contributed by atoms with Gasteiger partial charge in [-0.25, -0.2) is 9.50 Å². The van der Waals surface area contributed by atoms with Crippen molar-refractivity contribution in [2.75, 3.05) is 6.54 Å². The van der Waals surface area contributed by atoms with E-state index in [9.17, 15) is 9.59 Å². The summed E-state index contributed by atoms with van der Waals surface area (Å²) < 4.78 is 6.65. The molecule has 4 heterocycles. The van der Waals surface area contributed by atoms with E-state index in [1.54, 1.807) is 13.0 Å². The molecule has 3 aromatic rings. The van der Waals surface area contributed by atoms with E-state index in [-0.39, 0.29) is 17.5 Å². The quantitative estimate of drug-likeness (QED) is 0.765. The number of nitrogens with one attached hydrogen (secondary N) is 1. The van der Waals surface area contributed by atoms with E-state index in [0.29, 0.717) is 35.6 Å². The minimum absolute atomic E-state index is 0.110. The maximum absolute atomic E-state index is 13.0. The number of hydrogen-bond donors (Lipinski definition) is 1. The lowest BCUT2D eigenvalue weighted by Gasteiger charge is -2.34. The number of rotatable bonds is 3. The van der Waals surface area contributed by atoms with Gasteiger partial charge in [-0.3, -0.25) is 14.7 Å². The Kier molecular flexibility index (Phi) is 4.33. The minimum Gasteiger partial charge on any atom is -0.361 e. The van der Waals surface area contributed by atoms with Crippen molar-refractivity contribution in [3.63, 3.8) is 0 Å². The van der Waals surface area contributed by atoms with Crippen LogP contribution in [0.2, 0.25) is 0 Å². The summed E-state index contributed by atoms with van der Waals surface area (Å²) in [4.78, 5) is 31.8. The summed E-state index contributed by atoms with van der Waals surface area (Å²) in [6.07, 6.45) is 3.48. The van der Waals surface area contributed by atoms with Gasteiger partial charge in [-0.1, -0.05) is 12.1 Å². The van der Waals surface area contributed by atoms with Gasteiger partial charge in [-0.05, 0) is 33.1 Å². The molecular weight excluding hydrogens is 346 g/mol. The molecule has 0 aromatic carbocycles. The fraction of sp³-hybridized carbons (Fsp3) is 0.474. The first kappa shape index (κ1) is 17.5. The highest BCUT2D eigenvalue weighted by Gasteiger charge is 2.31. The van der Waals surface area contributed by atoms with Crippen LogP contribution in [0, 0.1) is 13.8 Å². The van der Waals surface area contributed by atoms with Gasteiger partial charge in [0.15, 0.2) is 11.3 Å². The predicted molar refractivity (Wildman–Crippen MR) is 98.8 cm³/mol. The van der Waals surface area contributed by atoms with Crippen LogP contribution in [0.15, 0.2) is 21.5 Å². The van der Waals surface area contributed by atoms with E-state index in [1.807, 2.05) is 24.8 Å². The summed E-state index contributed by atoms with van der Waals surface area (Å²) >= 11 is 0. The van der Waals surface area contributed by atoms with Crippen LogP contribution in [-0.4, -0.2) is 37.1 Å². The van der Waals surface area contributed by atoms with Gasteiger partial charge in [-0.2, -0.15) is 0 Å². The van der Waals surface area contributed by atoms with Crippen molar-refractivity contribution in [2.45, 2.75) is 52.5 Å². The molecule has 1 amide bonds. The molecule has 8 heteroatoms. The Morgan fingerprint density at radius 3 is 2.89 bits per heavy atom. The Bertz CT molecular complexity index is 1060. The minimum atomic E-state index is -0.144. The molecule has 0 radical (unpaired) electrons. The summed E-state index contributed by atoms with van der Waals surface area (Å²) in [6, 6.07) is 3.43. The molecule has 0 unspecified atom stereocenters. The van der Waals surface area contributed by atoms with Crippen LogP contribution in [0.3, 0.4) is 0 Å². The number of fused-ring (bicyclic) bond motifs is 1. The highest BCUT2D eigenvalue weighted by Crippen LogP contribution is 2.31. The molecule has 0 saturated carbocycles. The van der Waals surface area contributed by atoms with Crippen LogP contribution in [-0.2, 0) is 6.42 Å². The zero-order chi connectivity index (χ0) is 19.1. The Hall–Kier alpha value is -2.90. The third kappa shape index (κ3) is 2.94. The standard InChI is InChI=1S/C19H23N5O3/c1-4-13-9-15(22-27-13)19(26)23-8-6-5-7-16(23)14-10-17-20-12(3)11(2)18(25)24(17)21-14/h9-10,16,21H,4-8H2,1-3H3/t16-/m1/s1. The zero-order valence-electron chi connectivity index (χ0n) is 15.8. The molecule has 1 saturated heterocycles. The van der Waals surface area contributed by atoms with Crippen LogP contribution < -0.4 is 5.56 Å². The van der Waals surface area contributed by atoms with Crippen LogP contribution in [0.4, 0.5) is 0 Å². The van der Waals surface area contributed by atoms with Gasteiger partial charge in [0, 0.05) is 36.4 Å². The fourth-order valence-electron chi connectivity index (χ4n) is 3.63. The topological polar surface area (TPSA) is 96.5 Å². The lowest BCUT2D eigenvalue weighted by Crippen LogP contribution is -2.39. The number of hydrogen-bond acceptors (Lipinski definition) is 5. The predicted octanol–water partition coefficient (Wildman–Crippen LogP) is 2.56. The molecule has 0 aliphatic carbocycles. The zero-order valence-corrected chi connectivity index (χ0v) is 15.8. The summed E-state index contributed by atoms with van der Waals surface area (Å²) in [5.74, 6) is 0.550. The monoisotopic (exact) mass is 369 g/mol. The van der Waals surface area contributed by atoms with Crippen molar-refractivity contribution in [1.29, 1.82) is 0 Å². The second kappa shape index (κ2) is 6.68. The first-order chi connectivity index (χ1) is 13.0. The summed E-state index contributed by atoms with van der Waals surface area (Å²) in [7, 11) is 0. The summed E-state index contributed by atoms with van der Waals surface area (Å²) in [5, 5.41) is 7.08. The van der Waals surface area contributed by atoms with Crippen molar-refractivity contribution in [3.8, 4) is 0 Å². The molecule has 1 N–H and O–H groups in total. The van der Waals surface area contributed by atoms with Gasteiger partial charge in [0.2, 0.25) is 0 Å². The van der Waals surface area contributed by atoms with Gasteiger partial charge >= 0.3 is 0 Å². The number of piperidine rings is 1. The van der Waals surface area contributed by atoms with Crippen LogP contribution in [0.1, 0.15) is 65.4 Å². The largest absolute Gasteiger partial charge is 0.361 e. The normalized spacial score (nSPS) is 17.6. The van der Waals surface area contributed by atoms with E-state index in [4.69, 9.17) is 4.52 Å². The average molecular weight is 369 g/mol. The van der Waals surface area contributed by atoms with E-state index < -0.39 is 0 Å². The van der Waals surface area contributed by atoms with E-state index in [2.05, 4.69) is 15.2 Å². The average Bonchev–Trinajstić information content (AvgIpc) is 3.33. The number of nitrogens with zero attached hydrogens (tertiary/aromatic N) is 4. The van der Waals surface area contributed by atoms with Gasteiger partial charge in [0.05, 0.1) is 11.7 Å². The molecule has 1 aliphatic heterocycles. The molecule has 142 valence electrons. The molecule has 0 bridgehead atoms. The van der Waals surface area contributed by atoms with Gasteiger partial charge in [0.1, 0.15) is 5.76 Å². The highest BCUT2D eigenvalue weighted by molar-refractivity contribution is 5.92. The summed E-state index contributed by atoms with van der Waals surface area (Å²) in [6.45, 7) is 6.20. The second-order valence-corrected chi connectivity index (χ2v) is 7.07. The SMILES string of the molecule is CCc1cc(C(=O)N2CCCC[C@@H]2c2cc3nc(C)c(C)c(=O)n3[nH]2)no1. The number of carbonyl (C=O) groups excluding carboxylic acids is 1. The van der Waals surface area contributed by atoms with Crippen molar-refractivity contribution in [2.24, 2.45) is 0 Å². The van der Waals surface area contributed by atoms with Crippen LogP contribution in [0.5, 0.6) is 0 Å². The first-order valence-electron chi connectivity index (χ1n) is 9.35. The molecule has 3 aromatic heterocycles. The van der Waals surface area contributed by atoms with Crippen molar-refractivity contribution < 1.29 is 9.32 Å². The molecule has 4 rings (SSSR count). The molecule has 1 aliphatic rings. The molecule has 0 spiro atoms. The Balaban J connectivity index is 1.72. The number of likely N-dealkylation sites (tertiary alicyclic amines) is 1. The highest BCUT2D eigenvalue weighted by atomic mass is 16.5. The van der Waals surface area contributed by atoms with Crippen molar-refractivity contribution in [3.05, 3.63) is 50.9 Å². The van der Waals surface area contributed by atoms with Crippen LogP contribution in [0.25, 0.3) is 5.65 Å². The van der Waals surface area contributed by atoms with E-state index in [0.717, 1.165) is 30.7 Å². The number of aryl methyl sites for hydroxylation is 2. The lowest BCUT2D eigenvalue weighted by molar-refractivity contribution is 0.0595. The number of H-pyrrole nitrogens is 1. The number of aromatic amines is 1. The number of carbonyl (C=O) groups is 1. The fourth-order valence-corrected chi connectivity index (χ4v) is 3.63. The van der Waals surface area contributed by atoms with Gasteiger partial charge in [0.25, 0.3) is 11.5 Å². The Morgan fingerprint density at radius 1 is 1.33 bits per heavy atom. The van der Waals surface area contributed by atoms with Crippen molar-refractivity contribution in [1.82, 2.24) is 24.7 Å². The van der Waals surface area contributed by atoms with Crippen molar-refractivity contribution >= 4 is 11.6 Å². The molecule has 27 heavy (non-hydrogen) atoms. The van der Waals surface area contributed by atoms with E-state index >= 15 is 0 Å². The second-order valence-electron chi connectivity index (χ2n) is 7.07. The smallest absolute Gasteiger partial charge is 0.276 e. The maximum Gasteiger partial charge on any atom is 0.276 e. The number of aromatic nitrogens is 4. The summed E-state index contributed by atoms with van der Waals surface area (Å²) in [5.41, 5.74) is 2.95. The van der Waals surface area contributed by atoms with Gasteiger partial charge in [-0.15, -0.1) is 0 Å². The molecule has 1 fully saturated rings. The number of amides is 1. The molecular formula is C19H23N5O3. The van der Waals surface area contributed by atoms with E-state index in [1.165, 1.54) is 4.52 Å². The van der Waals surface area contributed by atoms with Crippen LogP contribution >= 0.6 is 0 Å². The molecule has 8 nitrogen and oxygen atoms in total. The molecule has 1 atom stereocenters. The third-order valence-electron chi connectivity index (χ3n) is 5.35. The maximum atomic E-state index is 13.0. The Labute approximate surface area is 156 Å².